The zero-order valence-electron chi connectivity index (χ0n) is 25.8. The van der Waals surface area contributed by atoms with Gasteiger partial charge in [0.25, 0.3) is 5.91 Å². The van der Waals surface area contributed by atoms with E-state index in [9.17, 15) is 31.9 Å². The molecule has 1 amide bonds. The summed E-state index contributed by atoms with van der Waals surface area (Å²) in [6, 6.07) is 22.1. The molecule has 49 heavy (non-hydrogen) atoms. The highest BCUT2D eigenvalue weighted by atomic mass is 32.2. The molecule has 6 rings (SSSR count). The zero-order valence-corrected chi connectivity index (χ0v) is 27.4. The predicted molar refractivity (Wildman–Crippen MR) is 173 cm³/mol. The van der Waals surface area contributed by atoms with Crippen molar-refractivity contribution in [2.75, 3.05) is 5.75 Å². The highest BCUT2D eigenvalue weighted by molar-refractivity contribution is 8.01. The van der Waals surface area contributed by atoms with E-state index in [2.05, 4.69) is 15.5 Å². The van der Waals surface area contributed by atoms with Crippen molar-refractivity contribution in [3.05, 3.63) is 135 Å². The van der Waals surface area contributed by atoms with Gasteiger partial charge in [-0.1, -0.05) is 89.8 Å². The second-order valence-corrected chi connectivity index (χ2v) is 13.6. The first kappa shape index (κ1) is 34.6. The highest BCUT2D eigenvalue weighted by Crippen LogP contribution is 2.40. The Kier molecular flexibility index (Phi) is 10.7. The van der Waals surface area contributed by atoms with Crippen molar-refractivity contribution in [1.29, 1.82) is 0 Å². The summed E-state index contributed by atoms with van der Waals surface area (Å²) in [5.41, 5.74) is 3.09. The average molecular weight is 714 g/mol. The molecule has 2 heterocycles. The molecule has 0 spiro atoms. The summed E-state index contributed by atoms with van der Waals surface area (Å²) < 4.78 is 82.4. The Morgan fingerprint density at radius 1 is 0.857 bits per heavy atom. The van der Waals surface area contributed by atoms with Crippen LogP contribution in [0.3, 0.4) is 0 Å². The van der Waals surface area contributed by atoms with E-state index in [4.69, 9.17) is 9.47 Å². The van der Waals surface area contributed by atoms with E-state index < -0.39 is 46.8 Å². The first-order valence-corrected chi connectivity index (χ1v) is 16.8. The average Bonchev–Trinajstić information content (AvgIpc) is 3.56. The van der Waals surface area contributed by atoms with Crippen LogP contribution in [0.15, 0.2) is 77.1 Å². The third kappa shape index (κ3) is 7.84. The maximum atomic E-state index is 14.1. The lowest BCUT2D eigenvalue weighted by atomic mass is 9.99. The number of thioether (sulfide) groups is 1. The number of aliphatic hydroxyl groups excluding tert-OH is 1. The van der Waals surface area contributed by atoms with Crippen molar-refractivity contribution in [3.8, 4) is 11.1 Å². The van der Waals surface area contributed by atoms with Crippen molar-refractivity contribution in [3.63, 3.8) is 0 Å². The van der Waals surface area contributed by atoms with Gasteiger partial charge in [-0.2, -0.15) is 0 Å². The predicted octanol–water partition coefficient (Wildman–Crippen LogP) is 7.97. The van der Waals surface area contributed by atoms with Crippen LogP contribution < -0.4 is 5.32 Å². The summed E-state index contributed by atoms with van der Waals surface area (Å²) in [6.07, 6.45) is -0.474. The number of nitrogens with zero attached hydrogens (tertiary/aromatic N) is 2. The largest absolute Gasteiger partial charge is 0.392 e. The fourth-order valence-corrected chi connectivity index (χ4v) is 7.15. The monoisotopic (exact) mass is 713 g/mol. The Bertz CT molecular complexity index is 1930. The van der Waals surface area contributed by atoms with Gasteiger partial charge in [-0.05, 0) is 40.8 Å². The quantitative estimate of drug-likeness (QED) is 0.0657. The van der Waals surface area contributed by atoms with Crippen LogP contribution in [0.4, 0.5) is 22.0 Å². The van der Waals surface area contributed by atoms with Crippen molar-refractivity contribution in [1.82, 2.24) is 15.5 Å². The van der Waals surface area contributed by atoms with E-state index in [0.717, 1.165) is 37.2 Å². The number of halogens is 5. The fourth-order valence-electron chi connectivity index (χ4n) is 5.29. The topological polar surface area (TPSA) is 93.6 Å². The van der Waals surface area contributed by atoms with Crippen molar-refractivity contribution in [2.45, 2.75) is 49.3 Å². The number of nitrogens with one attached hydrogen (secondary N) is 1. The molecule has 1 saturated heterocycles. The summed E-state index contributed by atoms with van der Waals surface area (Å²) >= 11 is 3.10. The molecule has 254 valence electrons. The lowest BCUT2D eigenvalue weighted by Gasteiger charge is -2.36. The standard InChI is InChI=1S/C35H28F5N3O4S2/c1-18-42-43-35(49-18)48-17-25-14-26(22-7-5-19(16-44)6-8-22)47-34(46-25)23-11-9-21(10-12-23)24-4-2-3-20(13-24)15-41-33(45)27-28(36)30(38)32(40)31(39)29(27)37/h2-13,25-26,34,44H,14-17H2,1H3,(H,41,45)/t25-,26+,34+/m1/s1. The number of rotatable bonds is 10. The minimum atomic E-state index is -2.33. The van der Waals surface area contributed by atoms with E-state index in [1.807, 2.05) is 61.5 Å². The summed E-state index contributed by atoms with van der Waals surface area (Å²) in [6.45, 7) is 1.62. The van der Waals surface area contributed by atoms with E-state index in [1.54, 1.807) is 30.0 Å². The van der Waals surface area contributed by atoms with Crippen LogP contribution in [0.2, 0.25) is 0 Å². The Morgan fingerprint density at radius 2 is 1.53 bits per heavy atom. The molecule has 5 aromatic rings. The first-order chi connectivity index (χ1) is 23.6. The molecule has 2 N–H and O–H groups in total. The van der Waals surface area contributed by atoms with Gasteiger partial charge < -0.3 is 19.9 Å². The van der Waals surface area contributed by atoms with Gasteiger partial charge >= 0.3 is 0 Å². The van der Waals surface area contributed by atoms with Gasteiger partial charge in [-0.15, -0.1) is 10.2 Å². The number of carbonyl (C=O) groups excluding carboxylic acids is 1. The number of aryl methyl sites for hydroxylation is 1. The maximum Gasteiger partial charge on any atom is 0.257 e. The van der Waals surface area contributed by atoms with E-state index in [1.165, 1.54) is 11.3 Å². The molecule has 1 aromatic heterocycles. The fraction of sp³-hybridized carbons (Fsp3) is 0.229. The number of benzene rings is 4. The van der Waals surface area contributed by atoms with Crippen LogP contribution in [0.25, 0.3) is 11.1 Å². The Morgan fingerprint density at radius 3 is 2.18 bits per heavy atom. The molecule has 1 fully saturated rings. The molecule has 7 nitrogen and oxygen atoms in total. The van der Waals surface area contributed by atoms with Gasteiger partial charge in [0.2, 0.25) is 5.82 Å². The van der Waals surface area contributed by atoms with Crippen LogP contribution in [0, 0.1) is 36.0 Å². The van der Waals surface area contributed by atoms with Crippen molar-refractivity contribution in [2.24, 2.45) is 0 Å². The first-order valence-electron chi connectivity index (χ1n) is 15.0. The molecule has 0 aliphatic carbocycles. The minimum Gasteiger partial charge on any atom is -0.392 e. The maximum absolute atomic E-state index is 14.1. The molecular formula is C35H28F5N3O4S2. The molecule has 1 aliphatic rings. The number of hydrogen-bond acceptors (Lipinski definition) is 8. The van der Waals surface area contributed by atoms with E-state index in [0.29, 0.717) is 17.7 Å². The van der Waals surface area contributed by atoms with Crippen LogP contribution in [0.5, 0.6) is 0 Å². The van der Waals surface area contributed by atoms with Crippen LogP contribution in [0.1, 0.15) is 56.4 Å². The molecule has 4 aromatic carbocycles. The number of amides is 1. The molecule has 3 atom stereocenters. The van der Waals surface area contributed by atoms with Gasteiger partial charge in [0, 0.05) is 24.3 Å². The highest BCUT2D eigenvalue weighted by Gasteiger charge is 2.33. The Balaban J connectivity index is 1.16. The molecule has 0 unspecified atom stereocenters. The van der Waals surface area contributed by atoms with Gasteiger partial charge in [0.05, 0.1) is 18.8 Å². The van der Waals surface area contributed by atoms with Gasteiger partial charge in [-0.25, -0.2) is 22.0 Å². The second kappa shape index (κ2) is 15.1. The van der Waals surface area contributed by atoms with Crippen LogP contribution >= 0.6 is 23.1 Å². The van der Waals surface area contributed by atoms with Crippen molar-refractivity contribution >= 4 is 29.0 Å². The third-order valence-corrected chi connectivity index (χ3v) is 9.95. The summed E-state index contributed by atoms with van der Waals surface area (Å²) in [7, 11) is 0. The number of ether oxygens (including phenoxy) is 2. The number of aliphatic hydroxyl groups is 1. The summed E-state index contributed by atoms with van der Waals surface area (Å²) in [4.78, 5) is 12.4. The normalized spacial score (nSPS) is 17.7. The number of hydrogen-bond donors (Lipinski definition) is 2. The zero-order chi connectivity index (χ0) is 34.7. The Hall–Kier alpha value is -4.21. The summed E-state index contributed by atoms with van der Waals surface area (Å²) in [5.74, 6) is -11.9. The van der Waals surface area contributed by atoms with Crippen molar-refractivity contribution < 1.29 is 41.3 Å². The van der Waals surface area contributed by atoms with Gasteiger partial charge in [0.15, 0.2) is 33.9 Å². The summed E-state index contributed by atoms with van der Waals surface area (Å²) in [5, 5.41) is 20.9. The SMILES string of the molecule is Cc1nnc(SC[C@H]2C[C@@H](c3ccc(CO)cc3)O[C@@H](c3ccc(-c4cccc(CNC(=O)c5c(F)c(F)c(F)c(F)c5F)c4)cc3)O2)s1. The van der Waals surface area contributed by atoms with E-state index >= 15 is 0 Å². The molecule has 1 aliphatic heterocycles. The number of carbonyl (C=O) groups is 1. The lowest BCUT2D eigenvalue weighted by molar-refractivity contribution is -0.245. The molecule has 14 heteroatoms. The smallest absolute Gasteiger partial charge is 0.257 e. The minimum absolute atomic E-state index is 0.0552. The molecule has 0 bridgehead atoms. The van der Waals surface area contributed by atoms with Gasteiger partial charge in [-0.3, -0.25) is 4.79 Å². The van der Waals surface area contributed by atoms with E-state index in [-0.39, 0.29) is 25.4 Å². The van der Waals surface area contributed by atoms with Crippen LogP contribution in [-0.4, -0.2) is 33.1 Å². The van der Waals surface area contributed by atoms with Crippen LogP contribution in [-0.2, 0) is 22.6 Å². The third-order valence-electron chi connectivity index (χ3n) is 7.85. The molecule has 0 radical (unpaired) electrons. The molecule has 0 saturated carbocycles. The lowest BCUT2D eigenvalue weighted by Crippen LogP contribution is -2.31. The Labute approximate surface area is 286 Å². The number of aromatic nitrogens is 2. The second-order valence-electron chi connectivity index (χ2n) is 11.2. The molecular weight excluding hydrogens is 686 g/mol. The van der Waals surface area contributed by atoms with Gasteiger partial charge in [0.1, 0.15) is 10.6 Å².